The Morgan fingerprint density at radius 3 is 1.96 bits per heavy atom. The van der Waals surface area contributed by atoms with Gasteiger partial charge in [-0.25, -0.2) is 0 Å². The van der Waals surface area contributed by atoms with Crippen molar-refractivity contribution in [1.82, 2.24) is 0 Å². The van der Waals surface area contributed by atoms with Crippen molar-refractivity contribution in [2.45, 2.75) is 46.0 Å². The van der Waals surface area contributed by atoms with Gasteiger partial charge in [0.2, 0.25) is 5.91 Å². The molecule has 1 unspecified atom stereocenters. The SMILES string of the molecule is CCCC(=O)Nc1ccc(NC(=O)COc2ccc(C(C)CC)cc2)cc1. The van der Waals surface area contributed by atoms with Crippen molar-refractivity contribution >= 4 is 23.2 Å². The predicted molar refractivity (Wildman–Crippen MR) is 109 cm³/mol. The first-order valence-electron chi connectivity index (χ1n) is 9.44. The monoisotopic (exact) mass is 368 g/mol. The van der Waals surface area contributed by atoms with Gasteiger partial charge < -0.3 is 15.4 Å². The normalized spacial score (nSPS) is 11.5. The molecule has 0 aromatic heterocycles. The Kier molecular flexibility index (Phi) is 7.86. The first-order chi connectivity index (χ1) is 13.0. The van der Waals surface area contributed by atoms with Crippen LogP contribution in [-0.2, 0) is 9.59 Å². The lowest BCUT2D eigenvalue weighted by molar-refractivity contribution is -0.118. The predicted octanol–water partition coefficient (Wildman–Crippen LogP) is 4.96. The Labute approximate surface area is 161 Å². The Morgan fingerprint density at radius 1 is 0.889 bits per heavy atom. The second kappa shape index (κ2) is 10.4. The van der Waals surface area contributed by atoms with Crippen molar-refractivity contribution in [3.63, 3.8) is 0 Å². The fourth-order valence-corrected chi connectivity index (χ4v) is 2.56. The average Bonchev–Trinajstić information content (AvgIpc) is 2.68. The summed E-state index contributed by atoms with van der Waals surface area (Å²) in [6.07, 6.45) is 2.39. The number of hydrogen-bond donors (Lipinski definition) is 2. The van der Waals surface area contributed by atoms with Crippen molar-refractivity contribution in [3.05, 3.63) is 54.1 Å². The summed E-state index contributed by atoms with van der Waals surface area (Å²) in [6, 6.07) is 14.9. The minimum Gasteiger partial charge on any atom is -0.484 e. The summed E-state index contributed by atoms with van der Waals surface area (Å²) in [4.78, 5) is 23.6. The van der Waals surface area contributed by atoms with E-state index in [9.17, 15) is 9.59 Å². The number of nitrogens with one attached hydrogen (secondary N) is 2. The van der Waals surface area contributed by atoms with Gasteiger partial charge in [-0.15, -0.1) is 0 Å². The highest BCUT2D eigenvalue weighted by Crippen LogP contribution is 2.21. The van der Waals surface area contributed by atoms with Crippen LogP contribution < -0.4 is 15.4 Å². The zero-order chi connectivity index (χ0) is 19.6. The lowest BCUT2D eigenvalue weighted by Crippen LogP contribution is -2.20. The highest BCUT2D eigenvalue weighted by molar-refractivity contribution is 5.93. The second-order valence-electron chi connectivity index (χ2n) is 6.59. The van der Waals surface area contributed by atoms with Gasteiger partial charge in [0, 0.05) is 17.8 Å². The quantitative estimate of drug-likeness (QED) is 0.657. The van der Waals surface area contributed by atoms with Crippen molar-refractivity contribution in [1.29, 1.82) is 0 Å². The average molecular weight is 368 g/mol. The van der Waals surface area contributed by atoms with Crippen molar-refractivity contribution < 1.29 is 14.3 Å². The zero-order valence-electron chi connectivity index (χ0n) is 16.2. The first-order valence-corrected chi connectivity index (χ1v) is 9.44. The van der Waals surface area contributed by atoms with Gasteiger partial charge in [0.05, 0.1) is 0 Å². The number of hydrogen-bond acceptors (Lipinski definition) is 3. The molecule has 0 radical (unpaired) electrons. The van der Waals surface area contributed by atoms with Crippen LogP contribution in [0.25, 0.3) is 0 Å². The smallest absolute Gasteiger partial charge is 0.262 e. The van der Waals surface area contributed by atoms with Gasteiger partial charge in [-0.1, -0.05) is 32.9 Å². The summed E-state index contributed by atoms with van der Waals surface area (Å²) in [6.45, 7) is 6.24. The van der Waals surface area contributed by atoms with Crippen LogP contribution in [-0.4, -0.2) is 18.4 Å². The standard InChI is InChI=1S/C22H28N2O3/c1-4-6-21(25)23-18-9-11-19(12-10-18)24-22(26)15-27-20-13-7-17(8-14-20)16(3)5-2/h7-14,16H,4-6,15H2,1-3H3,(H,23,25)(H,24,26). The number of carbonyl (C=O) groups is 2. The molecular weight excluding hydrogens is 340 g/mol. The van der Waals surface area contributed by atoms with Crippen LogP contribution >= 0.6 is 0 Å². The van der Waals surface area contributed by atoms with Crippen LogP contribution in [0.3, 0.4) is 0 Å². The van der Waals surface area contributed by atoms with Gasteiger partial charge in [-0.05, 0) is 60.7 Å². The highest BCUT2D eigenvalue weighted by Gasteiger charge is 2.06. The molecule has 27 heavy (non-hydrogen) atoms. The number of ether oxygens (including phenoxy) is 1. The van der Waals surface area contributed by atoms with E-state index in [0.29, 0.717) is 29.5 Å². The highest BCUT2D eigenvalue weighted by atomic mass is 16.5. The molecule has 0 saturated heterocycles. The summed E-state index contributed by atoms with van der Waals surface area (Å²) in [5.41, 5.74) is 2.63. The third-order valence-electron chi connectivity index (χ3n) is 4.36. The molecule has 0 aliphatic heterocycles. The number of carbonyl (C=O) groups excluding carboxylic acids is 2. The molecule has 2 aromatic carbocycles. The molecule has 0 bridgehead atoms. The Hall–Kier alpha value is -2.82. The van der Waals surface area contributed by atoms with Crippen molar-refractivity contribution in [2.24, 2.45) is 0 Å². The topological polar surface area (TPSA) is 67.4 Å². The Morgan fingerprint density at radius 2 is 1.44 bits per heavy atom. The van der Waals surface area contributed by atoms with Gasteiger partial charge in [0.25, 0.3) is 5.91 Å². The summed E-state index contributed by atoms with van der Waals surface area (Å²) < 4.78 is 5.54. The maximum atomic E-state index is 12.0. The van der Waals surface area contributed by atoms with E-state index >= 15 is 0 Å². The molecule has 0 spiro atoms. The first kappa shape index (κ1) is 20.5. The molecule has 2 rings (SSSR count). The molecule has 0 aliphatic carbocycles. The van der Waals surface area contributed by atoms with E-state index in [-0.39, 0.29) is 18.4 Å². The third-order valence-corrected chi connectivity index (χ3v) is 4.36. The molecule has 2 N–H and O–H groups in total. The molecule has 0 saturated carbocycles. The fraction of sp³-hybridized carbons (Fsp3) is 0.364. The molecule has 5 heteroatoms. The summed E-state index contributed by atoms with van der Waals surface area (Å²) in [5, 5.41) is 5.59. The van der Waals surface area contributed by atoms with Crippen LogP contribution in [0.4, 0.5) is 11.4 Å². The number of rotatable bonds is 9. The van der Waals surface area contributed by atoms with Gasteiger partial charge in [-0.3, -0.25) is 9.59 Å². The summed E-state index contributed by atoms with van der Waals surface area (Å²) >= 11 is 0. The molecule has 2 amide bonds. The molecular formula is C22H28N2O3. The molecule has 0 fully saturated rings. The summed E-state index contributed by atoms with van der Waals surface area (Å²) in [5.74, 6) is 0.939. The number of anilines is 2. The Bertz CT molecular complexity index is 739. The van der Waals surface area contributed by atoms with Crippen molar-refractivity contribution in [2.75, 3.05) is 17.2 Å². The minimum atomic E-state index is -0.233. The number of amides is 2. The van der Waals surface area contributed by atoms with Gasteiger partial charge >= 0.3 is 0 Å². The molecule has 0 heterocycles. The molecule has 0 aliphatic rings. The van der Waals surface area contributed by atoms with Crippen LogP contribution in [0.5, 0.6) is 5.75 Å². The van der Waals surface area contributed by atoms with Gasteiger partial charge in [0.1, 0.15) is 5.75 Å². The molecule has 5 nitrogen and oxygen atoms in total. The third kappa shape index (κ3) is 6.77. The van der Waals surface area contributed by atoms with Crippen LogP contribution in [0.15, 0.2) is 48.5 Å². The van der Waals surface area contributed by atoms with Crippen LogP contribution in [0.2, 0.25) is 0 Å². The van der Waals surface area contributed by atoms with E-state index in [0.717, 1.165) is 12.8 Å². The van der Waals surface area contributed by atoms with E-state index in [2.05, 4.69) is 24.5 Å². The summed E-state index contributed by atoms with van der Waals surface area (Å²) in [7, 11) is 0. The lowest BCUT2D eigenvalue weighted by Gasteiger charge is -2.11. The lowest BCUT2D eigenvalue weighted by atomic mass is 9.99. The maximum absolute atomic E-state index is 12.0. The van der Waals surface area contributed by atoms with E-state index in [4.69, 9.17) is 4.74 Å². The Balaban J connectivity index is 1.80. The van der Waals surface area contributed by atoms with Gasteiger partial charge in [0.15, 0.2) is 6.61 Å². The van der Waals surface area contributed by atoms with E-state index in [1.807, 2.05) is 31.2 Å². The van der Waals surface area contributed by atoms with Crippen LogP contribution in [0, 0.1) is 0 Å². The van der Waals surface area contributed by atoms with Gasteiger partial charge in [-0.2, -0.15) is 0 Å². The molecule has 144 valence electrons. The fourth-order valence-electron chi connectivity index (χ4n) is 2.56. The molecule has 2 aromatic rings. The van der Waals surface area contributed by atoms with E-state index < -0.39 is 0 Å². The van der Waals surface area contributed by atoms with Crippen LogP contribution in [0.1, 0.15) is 51.5 Å². The van der Waals surface area contributed by atoms with E-state index in [1.54, 1.807) is 24.3 Å². The second-order valence-corrected chi connectivity index (χ2v) is 6.59. The van der Waals surface area contributed by atoms with E-state index in [1.165, 1.54) is 5.56 Å². The van der Waals surface area contributed by atoms with Crippen molar-refractivity contribution in [3.8, 4) is 5.75 Å². The molecule has 1 atom stereocenters. The number of benzene rings is 2. The maximum Gasteiger partial charge on any atom is 0.262 e. The zero-order valence-corrected chi connectivity index (χ0v) is 16.2. The minimum absolute atomic E-state index is 0.0120. The largest absolute Gasteiger partial charge is 0.484 e.